The summed E-state index contributed by atoms with van der Waals surface area (Å²) in [6.07, 6.45) is 1.38. The zero-order chi connectivity index (χ0) is 10.7. The Labute approximate surface area is 91.5 Å². The summed E-state index contributed by atoms with van der Waals surface area (Å²) in [6.45, 7) is 2.40. The van der Waals surface area contributed by atoms with Crippen LogP contribution in [0.1, 0.15) is 19.8 Å². The monoisotopic (exact) mass is 264 g/mol. The molecule has 0 saturated carbocycles. The maximum absolute atomic E-state index is 11.7. The maximum atomic E-state index is 11.7. The third-order valence-corrected chi connectivity index (χ3v) is 3.54. The molecule has 0 aromatic rings. The molecule has 1 amide bonds. The Kier molecular flexibility index (Phi) is 3.96. The van der Waals surface area contributed by atoms with Crippen molar-refractivity contribution in [1.82, 2.24) is 4.90 Å². The van der Waals surface area contributed by atoms with Crippen LogP contribution in [0.4, 0.5) is 0 Å². The third kappa shape index (κ3) is 2.28. The molecule has 1 heterocycles. The predicted molar refractivity (Wildman–Crippen MR) is 52.1 cm³/mol. The van der Waals surface area contributed by atoms with Gasteiger partial charge in [-0.05, 0) is 0 Å². The number of carbonyl (C=O) groups is 2. The van der Waals surface area contributed by atoms with Crippen molar-refractivity contribution in [1.29, 1.82) is 0 Å². The SMILES string of the molecule is C[C@H](C[Se])C(=O)N1CCC[C@H]1C(=O)O. The van der Waals surface area contributed by atoms with Gasteiger partial charge in [0.1, 0.15) is 0 Å². The van der Waals surface area contributed by atoms with Crippen molar-refractivity contribution in [2.24, 2.45) is 5.92 Å². The van der Waals surface area contributed by atoms with Gasteiger partial charge in [0.05, 0.1) is 0 Å². The first kappa shape index (κ1) is 11.5. The molecule has 0 aliphatic carbocycles. The van der Waals surface area contributed by atoms with Crippen molar-refractivity contribution in [3.63, 3.8) is 0 Å². The minimum absolute atomic E-state index is 0.0475. The molecular formula is C9H14NO3Se. The number of carboxylic acid groups (broad SMARTS) is 1. The Balaban J connectivity index is 2.67. The Morgan fingerprint density at radius 1 is 1.64 bits per heavy atom. The number of hydrogen-bond acceptors (Lipinski definition) is 2. The second-order valence-electron chi connectivity index (χ2n) is 3.60. The van der Waals surface area contributed by atoms with Crippen LogP contribution in [-0.2, 0) is 9.59 Å². The Hall–Kier alpha value is -0.541. The van der Waals surface area contributed by atoms with Gasteiger partial charge in [-0.2, -0.15) is 0 Å². The standard InChI is InChI=1S/C9H14NO3Se/c1-6(5-14)8(11)10-4-2-3-7(10)9(12)13/h6-7H,2-5H2,1H3,(H,12,13)/t6-,7+/m1/s1. The van der Waals surface area contributed by atoms with E-state index >= 15 is 0 Å². The van der Waals surface area contributed by atoms with Crippen LogP contribution >= 0.6 is 0 Å². The molecule has 2 atom stereocenters. The van der Waals surface area contributed by atoms with E-state index in [0.717, 1.165) is 6.42 Å². The van der Waals surface area contributed by atoms with E-state index < -0.39 is 12.0 Å². The van der Waals surface area contributed by atoms with Crippen LogP contribution in [0, 0.1) is 5.92 Å². The van der Waals surface area contributed by atoms with Crippen LogP contribution < -0.4 is 0 Å². The van der Waals surface area contributed by atoms with E-state index in [-0.39, 0.29) is 11.8 Å². The number of amides is 1. The van der Waals surface area contributed by atoms with Crippen molar-refractivity contribution in [3.8, 4) is 0 Å². The van der Waals surface area contributed by atoms with E-state index in [9.17, 15) is 9.59 Å². The van der Waals surface area contributed by atoms with Crippen LogP contribution in [0.3, 0.4) is 0 Å². The molecule has 0 aromatic carbocycles. The predicted octanol–water partition coefficient (Wildman–Crippen LogP) is 0.285. The number of nitrogens with zero attached hydrogens (tertiary/aromatic N) is 1. The van der Waals surface area contributed by atoms with Crippen molar-refractivity contribution < 1.29 is 14.7 Å². The Morgan fingerprint density at radius 3 is 2.79 bits per heavy atom. The van der Waals surface area contributed by atoms with Crippen LogP contribution in [0.25, 0.3) is 0 Å². The molecule has 1 radical (unpaired) electrons. The molecule has 4 nitrogen and oxygen atoms in total. The number of hydrogen-bond donors (Lipinski definition) is 1. The van der Waals surface area contributed by atoms with E-state index in [0.29, 0.717) is 18.3 Å². The molecule has 1 aliphatic rings. The van der Waals surface area contributed by atoms with E-state index in [1.807, 2.05) is 6.92 Å². The Bertz CT molecular complexity index is 244. The fraction of sp³-hybridized carbons (Fsp3) is 0.778. The van der Waals surface area contributed by atoms with Crippen molar-refractivity contribution in [2.45, 2.75) is 31.1 Å². The number of carbonyl (C=O) groups excluding carboxylic acids is 1. The van der Waals surface area contributed by atoms with Gasteiger partial charge in [0.25, 0.3) is 0 Å². The molecule has 0 bridgehead atoms. The van der Waals surface area contributed by atoms with Crippen LogP contribution in [0.2, 0.25) is 5.32 Å². The quantitative estimate of drug-likeness (QED) is 0.744. The summed E-state index contributed by atoms with van der Waals surface area (Å²) in [4.78, 5) is 24.0. The molecule has 0 aromatic heterocycles. The molecule has 1 saturated heterocycles. The summed E-state index contributed by atoms with van der Waals surface area (Å²) in [5, 5.41) is 9.53. The van der Waals surface area contributed by atoms with Gasteiger partial charge in [-0.1, -0.05) is 0 Å². The average Bonchev–Trinajstić information content (AvgIpc) is 2.63. The summed E-state index contributed by atoms with van der Waals surface area (Å²) in [6, 6.07) is -0.600. The molecule has 1 rings (SSSR count). The zero-order valence-corrected chi connectivity index (χ0v) is 9.82. The molecule has 79 valence electrons. The summed E-state index contributed by atoms with van der Waals surface area (Å²) in [5.41, 5.74) is 0. The topological polar surface area (TPSA) is 57.6 Å². The van der Waals surface area contributed by atoms with E-state index in [1.165, 1.54) is 4.90 Å². The number of aliphatic carboxylic acids is 1. The first-order chi connectivity index (χ1) is 6.57. The molecule has 0 spiro atoms. The van der Waals surface area contributed by atoms with E-state index in [4.69, 9.17) is 5.11 Å². The van der Waals surface area contributed by atoms with E-state index in [2.05, 4.69) is 16.0 Å². The molecule has 0 unspecified atom stereocenters. The van der Waals surface area contributed by atoms with Gasteiger partial charge in [-0.3, -0.25) is 0 Å². The zero-order valence-electron chi connectivity index (χ0n) is 8.10. The Morgan fingerprint density at radius 2 is 2.29 bits per heavy atom. The van der Waals surface area contributed by atoms with Crippen molar-refractivity contribution >= 4 is 27.9 Å². The minimum atomic E-state index is -0.886. The van der Waals surface area contributed by atoms with Crippen molar-refractivity contribution in [2.75, 3.05) is 6.54 Å². The molecule has 1 N–H and O–H groups in total. The fourth-order valence-corrected chi connectivity index (χ4v) is 1.94. The van der Waals surface area contributed by atoms with Crippen LogP contribution in [0.5, 0.6) is 0 Å². The molecular weight excluding hydrogens is 249 g/mol. The van der Waals surface area contributed by atoms with Gasteiger partial charge in [-0.25, -0.2) is 0 Å². The van der Waals surface area contributed by atoms with Gasteiger partial charge in [-0.15, -0.1) is 0 Å². The summed E-state index contributed by atoms with van der Waals surface area (Å²) >= 11 is 2.80. The number of rotatable bonds is 3. The molecule has 1 aliphatic heterocycles. The molecule has 1 fully saturated rings. The van der Waals surface area contributed by atoms with E-state index in [1.54, 1.807) is 0 Å². The van der Waals surface area contributed by atoms with Gasteiger partial charge in [0.2, 0.25) is 0 Å². The molecule has 5 heteroatoms. The van der Waals surface area contributed by atoms with Crippen LogP contribution in [0.15, 0.2) is 0 Å². The number of likely N-dealkylation sites (tertiary alicyclic amines) is 1. The third-order valence-electron chi connectivity index (χ3n) is 2.49. The fourth-order valence-electron chi connectivity index (χ4n) is 1.64. The van der Waals surface area contributed by atoms with Crippen LogP contribution in [-0.4, -0.2) is 50.5 Å². The summed E-state index contributed by atoms with van der Waals surface area (Å²) in [7, 11) is 0. The molecule has 14 heavy (non-hydrogen) atoms. The average molecular weight is 263 g/mol. The first-order valence-corrected chi connectivity index (χ1v) is 5.90. The summed E-state index contributed by atoms with van der Waals surface area (Å²) in [5.74, 6) is -1.05. The van der Waals surface area contributed by atoms with Gasteiger partial charge in [0, 0.05) is 0 Å². The normalized spacial score (nSPS) is 23.6. The first-order valence-electron chi connectivity index (χ1n) is 4.69. The van der Waals surface area contributed by atoms with Gasteiger partial charge < -0.3 is 0 Å². The van der Waals surface area contributed by atoms with Crippen molar-refractivity contribution in [3.05, 3.63) is 0 Å². The summed E-state index contributed by atoms with van der Waals surface area (Å²) < 4.78 is 0. The van der Waals surface area contributed by atoms with Gasteiger partial charge >= 0.3 is 91.1 Å². The second kappa shape index (κ2) is 4.80. The number of carboxylic acids is 1. The van der Waals surface area contributed by atoms with Gasteiger partial charge in [0.15, 0.2) is 0 Å². The second-order valence-corrected chi connectivity index (χ2v) is 4.29.